The van der Waals surface area contributed by atoms with E-state index in [9.17, 15) is 19.2 Å². The number of hydrogen-bond acceptors (Lipinski definition) is 4. The maximum absolute atomic E-state index is 12.0. The van der Waals surface area contributed by atoms with Crippen LogP contribution >= 0.6 is 0 Å². The Balaban J connectivity index is 2.17. The number of likely N-dealkylation sites (tertiary alicyclic amines) is 1. The van der Waals surface area contributed by atoms with Gasteiger partial charge in [-0.1, -0.05) is 0 Å². The molecule has 2 heterocycles. The summed E-state index contributed by atoms with van der Waals surface area (Å²) in [4.78, 5) is 46.7. The molecule has 1 aliphatic rings. The second-order valence-corrected chi connectivity index (χ2v) is 4.32. The Morgan fingerprint density at radius 3 is 2.79 bits per heavy atom. The van der Waals surface area contributed by atoms with E-state index in [4.69, 9.17) is 5.11 Å². The Labute approximate surface area is 107 Å². The van der Waals surface area contributed by atoms with E-state index in [1.54, 1.807) is 0 Å². The number of carboxylic acids is 1. The third-order valence-electron chi connectivity index (χ3n) is 3.04. The molecule has 1 aliphatic heterocycles. The van der Waals surface area contributed by atoms with E-state index in [1.807, 2.05) is 0 Å². The number of carbonyl (C=O) groups is 2. The molecule has 0 saturated carbocycles. The molecule has 1 atom stereocenters. The smallest absolute Gasteiger partial charge is 0.326 e. The van der Waals surface area contributed by atoms with Gasteiger partial charge in [-0.3, -0.25) is 19.5 Å². The molecule has 2 rings (SSSR count). The topological polar surface area (TPSA) is 112 Å². The summed E-state index contributed by atoms with van der Waals surface area (Å²) in [6.07, 6.45) is 1.02. The summed E-state index contributed by atoms with van der Waals surface area (Å²) in [5, 5.41) is 11.2. The highest BCUT2D eigenvalue weighted by Gasteiger charge is 2.33. The zero-order valence-corrected chi connectivity index (χ0v) is 10.0. The number of aromatic amines is 1. The Morgan fingerprint density at radius 1 is 1.37 bits per heavy atom. The fourth-order valence-electron chi connectivity index (χ4n) is 2.13. The highest BCUT2D eigenvalue weighted by molar-refractivity contribution is 5.84. The number of aromatic nitrogens is 2. The zero-order chi connectivity index (χ0) is 14.0. The summed E-state index contributed by atoms with van der Waals surface area (Å²) < 4.78 is 0.877. The molecule has 19 heavy (non-hydrogen) atoms. The minimum atomic E-state index is -1.06. The summed E-state index contributed by atoms with van der Waals surface area (Å²) in [7, 11) is 0. The molecule has 1 saturated heterocycles. The summed E-state index contributed by atoms with van der Waals surface area (Å²) >= 11 is 0. The number of nitrogens with one attached hydrogen (secondary N) is 1. The van der Waals surface area contributed by atoms with Gasteiger partial charge in [0.25, 0.3) is 11.1 Å². The van der Waals surface area contributed by atoms with Crippen LogP contribution in [0.2, 0.25) is 0 Å². The molecule has 1 aromatic heterocycles. The first kappa shape index (κ1) is 13.1. The van der Waals surface area contributed by atoms with Crippen molar-refractivity contribution in [2.45, 2.75) is 25.4 Å². The fourth-order valence-corrected chi connectivity index (χ4v) is 2.13. The van der Waals surface area contributed by atoms with E-state index in [1.165, 1.54) is 4.90 Å². The average Bonchev–Trinajstić information content (AvgIpc) is 2.83. The summed E-state index contributed by atoms with van der Waals surface area (Å²) in [6, 6.07) is 1.28. The zero-order valence-electron chi connectivity index (χ0n) is 10.0. The first-order valence-electron chi connectivity index (χ1n) is 5.81. The third-order valence-corrected chi connectivity index (χ3v) is 3.04. The van der Waals surface area contributed by atoms with Crippen LogP contribution in [0.25, 0.3) is 0 Å². The number of carbonyl (C=O) groups excluding carboxylic acids is 1. The van der Waals surface area contributed by atoms with Crippen LogP contribution in [-0.4, -0.2) is 44.3 Å². The van der Waals surface area contributed by atoms with Gasteiger partial charge in [0.05, 0.1) is 0 Å². The van der Waals surface area contributed by atoms with Crippen molar-refractivity contribution in [3.8, 4) is 0 Å². The molecule has 1 fully saturated rings. The van der Waals surface area contributed by atoms with Crippen molar-refractivity contribution < 1.29 is 14.7 Å². The lowest BCUT2D eigenvalue weighted by atomic mass is 10.2. The number of carboxylic acid groups (broad SMARTS) is 1. The van der Waals surface area contributed by atoms with Gasteiger partial charge < -0.3 is 10.0 Å². The number of nitrogens with zero attached hydrogens (tertiary/aromatic N) is 2. The quantitative estimate of drug-likeness (QED) is 0.700. The maximum atomic E-state index is 12.0. The molecule has 0 radical (unpaired) electrons. The highest BCUT2D eigenvalue weighted by Crippen LogP contribution is 2.17. The maximum Gasteiger partial charge on any atom is 0.326 e. The van der Waals surface area contributed by atoms with E-state index < -0.39 is 29.0 Å². The molecule has 0 aromatic carbocycles. The summed E-state index contributed by atoms with van der Waals surface area (Å²) in [5.41, 5.74) is -1.01. The number of amides is 1. The first-order valence-corrected chi connectivity index (χ1v) is 5.81. The van der Waals surface area contributed by atoms with E-state index in [-0.39, 0.29) is 6.54 Å². The SMILES string of the molecule is O=C(O)C1CCCN1C(=O)Cn1[nH]c(=O)ccc1=O. The van der Waals surface area contributed by atoms with Crippen molar-refractivity contribution in [3.63, 3.8) is 0 Å². The minimum Gasteiger partial charge on any atom is -0.480 e. The molecule has 102 valence electrons. The second-order valence-electron chi connectivity index (χ2n) is 4.32. The molecule has 8 heteroatoms. The Kier molecular flexibility index (Phi) is 3.50. The summed E-state index contributed by atoms with van der Waals surface area (Å²) in [6.45, 7) is -0.0136. The van der Waals surface area contributed by atoms with Crippen molar-refractivity contribution in [3.05, 3.63) is 32.8 Å². The third kappa shape index (κ3) is 2.72. The fraction of sp³-hybridized carbons (Fsp3) is 0.455. The molecule has 0 spiro atoms. The second kappa shape index (κ2) is 5.09. The Bertz CT molecular complexity index is 617. The number of rotatable bonds is 3. The number of H-pyrrole nitrogens is 1. The van der Waals surface area contributed by atoms with Gasteiger partial charge in [-0.2, -0.15) is 0 Å². The van der Waals surface area contributed by atoms with E-state index >= 15 is 0 Å². The number of hydrogen-bond donors (Lipinski definition) is 2. The number of aliphatic carboxylic acids is 1. The Morgan fingerprint density at radius 2 is 2.11 bits per heavy atom. The lowest BCUT2D eigenvalue weighted by Crippen LogP contribution is -2.44. The average molecular weight is 267 g/mol. The van der Waals surface area contributed by atoms with Crippen LogP contribution in [0, 0.1) is 0 Å². The van der Waals surface area contributed by atoms with Crippen molar-refractivity contribution >= 4 is 11.9 Å². The highest BCUT2D eigenvalue weighted by atomic mass is 16.4. The van der Waals surface area contributed by atoms with E-state index in [2.05, 4.69) is 5.10 Å². The van der Waals surface area contributed by atoms with Crippen LogP contribution in [0.15, 0.2) is 21.7 Å². The largest absolute Gasteiger partial charge is 0.480 e. The van der Waals surface area contributed by atoms with Crippen molar-refractivity contribution in [1.29, 1.82) is 0 Å². The van der Waals surface area contributed by atoms with Gasteiger partial charge in [-0.05, 0) is 12.8 Å². The van der Waals surface area contributed by atoms with Gasteiger partial charge in [0.2, 0.25) is 5.91 Å². The predicted octanol–water partition coefficient (Wildman–Crippen LogP) is -1.39. The van der Waals surface area contributed by atoms with Gasteiger partial charge in [-0.25, -0.2) is 9.48 Å². The van der Waals surface area contributed by atoms with Gasteiger partial charge in [-0.15, -0.1) is 0 Å². The summed E-state index contributed by atoms with van der Waals surface area (Å²) in [5.74, 6) is -1.55. The first-order chi connectivity index (χ1) is 8.99. The van der Waals surface area contributed by atoms with Gasteiger partial charge in [0.15, 0.2) is 0 Å². The van der Waals surface area contributed by atoms with Crippen LogP contribution in [0.4, 0.5) is 0 Å². The van der Waals surface area contributed by atoms with Crippen LogP contribution in [0.5, 0.6) is 0 Å². The van der Waals surface area contributed by atoms with Crippen LogP contribution < -0.4 is 11.1 Å². The predicted molar refractivity (Wildman–Crippen MR) is 63.7 cm³/mol. The monoisotopic (exact) mass is 267 g/mol. The Hall–Kier alpha value is -2.38. The van der Waals surface area contributed by atoms with Crippen molar-refractivity contribution in [2.75, 3.05) is 6.54 Å². The van der Waals surface area contributed by atoms with Gasteiger partial charge in [0, 0.05) is 18.7 Å². The molecular weight excluding hydrogens is 254 g/mol. The van der Waals surface area contributed by atoms with E-state index in [0.717, 1.165) is 16.8 Å². The van der Waals surface area contributed by atoms with Crippen LogP contribution in [0.3, 0.4) is 0 Å². The molecule has 8 nitrogen and oxygen atoms in total. The molecule has 1 unspecified atom stereocenters. The van der Waals surface area contributed by atoms with Crippen LogP contribution in [-0.2, 0) is 16.1 Å². The molecule has 1 aromatic rings. The van der Waals surface area contributed by atoms with Gasteiger partial charge >= 0.3 is 5.97 Å². The molecular formula is C11H13N3O5. The lowest BCUT2D eigenvalue weighted by molar-refractivity contribution is -0.148. The molecule has 1 amide bonds. The van der Waals surface area contributed by atoms with Crippen molar-refractivity contribution in [1.82, 2.24) is 14.7 Å². The van der Waals surface area contributed by atoms with Crippen molar-refractivity contribution in [2.24, 2.45) is 0 Å². The molecule has 0 bridgehead atoms. The standard InChI is InChI=1S/C11H13N3O5/c15-8-3-4-9(16)14(12-8)6-10(17)13-5-1-2-7(13)11(18)19/h3-4,7H,1-2,5-6H2,(H,12,15)(H,18,19). The lowest BCUT2D eigenvalue weighted by Gasteiger charge is -2.21. The normalized spacial score (nSPS) is 18.5. The van der Waals surface area contributed by atoms with Gasteiger partial charge in [0.1, 0.15) is 12.6 Å². The molecule has 0 aliphatic carbocycles. The minimum absolute atomic E-state index is 0.349. The van der Waals surface area contributed by atoms with E-state index in [0.29, 0.717) is 19.4 Å². The molecule has 2 N–H and O–H groups in total. The van der Waals surface area contributed by atoms with Crippen LogP contribution in [0.1, 0.15) is 12.8 Å².